The molecule has 1 aliphatic rings. The molecule has 0 bridgehead atoms. The molecule has 2 heteroatoms. The molecular weight excluding hydrogens is 196 g/mol. The van der Waals surface area contributed by atoms with Crippen molar-refractivity contribution in [3.8, 4) is 0 Å². The first-order chi connectivity index (χ1) is 7.59. The second-order valence-corrected chi connectivity index (χ2v) is 5.45. The Morgan fingerprint density at radius 3 is 2.81 bits per heavy atom. The number of likely N-dealkylation sites (tertiary alicyclic amines) is 1. The van der Waals surface area contributed by atoms with E-state index in [-0.39, 0.29) is 0 Å². The van der Waals surface area contributed by atoms with Gasteiger partial charge >= 0.3 is 0 Å². The summed E-state index contributed by atoms with van der Waals surface area (Å²) in [6, 6.07) is 1.29. The Balaban J connectivity index is 2.30. The highest BCUT2D eigenvalue weighted by atomic mass is 15.2. The zero-order valence-corrected chi connectivity index (χ0v) is 11.3. The minimum atomic E-state index is 0.554. The van der Waals surface area contributed by atoms with Crippen LogP contribution in [0.15, 0.2) is 12.2 Å². The highest BCUT2D eigenvalue weighted by molar-refractivity contribution is 5.01. The molecule has 0 aromatic carbocycles. The summed E-state index contributed by atoms with van der Waals surface area (Å²) in [6.07, 6.45) is 5.51. The van der Waals surface area contributed by atoms with E-state index in [0.29, 0.717) is 6.04 Å². The molecule has 1 atom stereocenters. The zero-order valence-electron chi connectivity index (χ0n) is 11.3. The minimum absolute atomic E-state index is 0.554. The van der Waals surface area contributed by atoms with E-state index in [0.717, 1.165) is 19.1 Å². The van der Waals surface area contributed by atoms with Gasteiger partial charge in [0.2, 0.25) is 0 Å². The molecule has 2 nitrogen and oxygen atoms in total. The van der Waals surface area contributed by atoms with Gasteiger partial charge in [-0.1, -0.05) is 33.3 Å². The monoisotopic (exact) mass is 224 g/mol. The van der Waals surface area contributed by atoms with Crippen molar-refractivity contribution < 1.29 is 0 Å². The Bertz CT molecular complexity index is 211. The smallest absolute Gasteiger partial charge is 0.0205 e. The van der Waals surface area contributed by atoms with Crippen molar-refractivity contribution in [2.75, 3.05) is 19.6 Å². The maximum absolute atomic E-state index is 4.18. The molecule has 1 unspecified atom stereocenters. The van der Waals surface area contributed by atoms with Gasteiger partial charge in [-0.2, -0.15) is 0 Å². The van der Waals surface area contributed by atoms with Gasteiger partial charge in [-0.05, 0) is 31.9 Å². The van der Waals surface area contributed by atoms with Gasteiger partial charge in [0.25, 0.3) is 0 Å². The Morgan fingerprint density at radius 2 is 2.12 bits per heavy atom. The van der Waals surface area contributed by atoms with Crippen molar-refractivity contribution in [3.05, 3.63) is 12.2 Å². The third-order valence-corrected chi connectivity index (χ3v) is 3.38. The van der Waals surface area contributed by atoms with Crippen LogP contribution in [0.3, 0.4) is 0 Å². The van der Waals surface area contributed by atoms with E-state index in [1.54, 1.807) is 0 Å². The maximum atomic E-state index is 4.18. The van der Waals surface area contributed by atoms with Crippen LogP contribution in [0.1, 0.15) is 46.5 Å². The summed E-state index contributed by atoms with van der Waals surface area (Å²) in [5, 5.41) is 3.44. The van der Waals surface area contributed by atoms with Crippen LogP contribution in [-0.4, -0.2) is 36.6 Å². The van der Waals surface area contributed by atoms with Gasteiger partial charge in [0.1, 0.15) is 0 Å². The maximum Gasteiger partial charge on any atom is 0.0205 e. The number of rotatable bonds is 5. The predicted octanol–water partition coefficient (Wildman–Crippen LogP) is 2.81. The van der Waals surface area contributed by atoms with Crippen molar-refractivity contribution in [3.63, 3.8) is 0 Å². The van der Waals surface area contributed by atoms with E-state index >= 15 is 0 Å². The molecular formula is C14H28N2. The van der Waals surface area contributed by atoms with E-state index in [9.17, 15) is 0 Å². The summed E-state index contributed by atoms with van der Waals surface area (Å²) < 4.78 is 0. The van der Waals surface area contributed by atoms with E-state index in [1.165, 1.54) is 37.8 Å². The van der Waals surface area contributed by atoms with Gasteiger partial charge in [0.05, 0.1) is 0 Å². The fraction of sp³-hybridized carbons (Fsp3) is 0.857. The summed E-state index contributed by atoms with van der Waals surface area (Å²) in [5.41, 5.74) is 1.32. The number of nitrogens with zero attached hydrogens (tertiary/aromatic N) is 1. The third-order valence-electron chi connectivity index (χ3n) is 3.38. The molecule has 1 fully saturated rings. The Labute approximate surface area is 101 Å². The average Bonchev–Trinajstić information content (AvgIpc) is 2.42. The lowest BCUT2D eigenvalue weighted by molar-refractivity contribution is 0.230. The second-order valence-electron chi connectivity index (χ2n) is 5.45. The summed E-state index contributed by atoms with van der Waals surface area (Å²) in [5.74, 6) is 0. The van der Waals surface area contributed by atoms with Crippen molar-refractivity contribution in [2.24, 2.45) is 0 Å². The molecule has 0 saturated carbocycles. The summed E-state index contributed by atoms with van der Waals surface area (Å²) in [4.78, 5) is 2.59. The van der Waals surface area contributed by atoms with Crippen LogP contribution in [0.5, 0.6) is 0 Å². The molecule has 0 aromatic rings. The summed E-state index contributed by atoms with van der Waals surface area (Å²) in [6.45, 7) is 14.2. The van der Waals surface area contributed by atoms with Crippen LogP contribution >= 0.6 is 0 Å². The van der Waals surface area contributed by atoms with E-state index in [4.69, 9.17) is 0 Å². The van der Waals surface area contributed by atoms with Crippen LogP contribution in [0.25, 0.3) is 0 Å². The number of nitrogens with one attached hydrogen (secondary N) is 1. The first-order valence-electron chi connectivity index (χ1n) is 6.73. The highest BCUT2D eigenvalue weighted by Crippen LogP contribution is 2.16. The summed E-state index contributed by atoms with van der Waals surface area (Å²) >= 11 is 0. The fourth-order valence-electron chi connectivity index (χ4n) is 2.26. The Kier molecular flexibility index (Phi) is 6.07. The molecule has 0 aromatic heterocycles. The molecule has 1 aliphatic heterocycles. The molecule has 1 saturated heterocycles. The van der Waals surface area contributed by atoms with E-state index in [2.05, 4.69) is 37.6 Å². The van der Waals surface area contributed by atoms with Crippen LogP contribution in [0, 0.1) is 0 Å². The van der Waals surface area contributed by atoms with Crippen molar-refractivity contribution in [1.29, 1.82) is 0 Å². The second kappa shape index (κ2) is 7.08. The lowest BCUT2D eigenvalue weighted by Crippen LogP contribution is -2.36. The molecule has 1 N–H and O–H groups in total. The SMILES string of the molecule is C=C(CNC(C)C)CN1CCCCCC1C. The van der Waals surface area contributed by atoms with Crippen LogP contribution in [-0.2, 0) is 0 Å². The van der Waals surface area contributed by atoms with Crippen LogP contribution in [0.4, 0.5) is 0 Å². The van der Waals surface area contributed by atoms with Crippen LogP contribution < -0.4 is 5.32 Å². The molecule has 94 valence electrons. The standard InChI is InChI=1S/C14H28N2/c1-12(2)15-10-13(3)11-16-9-7-5-6-8-14(16)4/h12,14-15H,3,5-11H2,1-2,4H3. The van der Waals surface area contributed by atoms with Crippen molar-refractivity contribution >= 4 is 0 Å². The Hall–Kier alpha value is -0.340. The zero-order chi connectivity index (χ0) is 12.0. The molecule has 1 rings (SSSR count). The molecule has 0 aliphatic carbocycles. The fourth-order valence-corrected chi connectivity index (χ4v) is 2.26. The van der Waals surface area contributed by atoms with Gasteiger partial charge in [0.15, 0.2) is 0 Å². The van der Waals surface area contributed by atoms with Gasteiger partial charge in [0, 0.05) is 25.2 Å². The quantitative estimate of drug-likeness (QED) is 0.722. The van der Waals surface area contributed by atoms with Gasteiger partial charge < -0.3 is 5.32 Å². The van der Waals surface area contributed by atoms with Gasteiger partial charge in [-0.25, -0.2) is 0 Å². The lowest BCUT2D eigenvalue weighted by atomic mass is 10.1. The average molecular weight is 224 g/mol. The van der Waals surface area contributed by atoms with Crippen molar-refractivity contribution in [1.82, 2.24) is 10.2 Å². The number of hydrogen-bond acceptors (Lipinski definition) is 2. The first-order valence-corrected chi connectivity index (χ1v) is 6.73. The highest BCUT2D eigenvalue weighted by Gasteiger charge is 2.16. The summed E-state index contributed by atoms with van der Waals surface area (Å²) in [7, 11) is 0. The van der Waals surface area contributed by atoms with E-state index < -0.39 is 0 Å². The van der Waals surface area contributed by atoms with Crippen LogP contribution in [0.2, 0.25) is 0 Å². The topological polar surface area (TPSA) is 15.3 Å². The van der Waals surface area contributed by atoms with E-state index in [1.807, 2.05) is 0 Å². The normalized spacial score (nSPS) is 23.4. The van der Waals surface area contributed by atoms with Gasteiger partial charge in [-0.15, -0.1) is 0 Å². The molecule has 0 radical (unpaired) electrons. The van der Waals surface area contributed by atoms with Gasteiger partial charge in [-0.3, -0.25) is 4.90 Å². The largest absolute Gasteiger partial charge is 0.311 e. The first kappa shape index (κ1) is 13.7. The molecule has 1 heterocycles. The molecule has 0 spiro atoms. The third kappa shape index (κ3) is 5.13. The van der Waals surface area contributed by atoms with Crippen molar-refractivity contribution in [2.45, 2.75) is 58.5 Å². The molecule has 16 heavy (non-hydrogen) atoms. The lowest BCUT2D eigenvalue weighted by Gasteiger charge is -2.28. The minimum Gasteiger partial charge on any atom is -0.311 e. The number of hydrogen-bond donors (Lipinski definition) is 1. The predicted molar refractivity (Wildman–Crippen MR) is 71.8 cm³/mol. The Morgan fingerprint density at radius 1 is 1.38 bits per heavy atom. The molecule has 0 amide bonds.